The van der Waals surface area contributed by atoms with Gasteiger partial charge in [0.15, 0.2) is 12.0 Å². The maximum Gasteiger partial charge on any atom is 0.180 e. The molecule has 3 aromatic rings. The number of fused-ring (bicyclic) bond motifs is 1. The molecule has 0 saturated heterocycles. The van der Waals surface area contributed by atoms with Crippen LogP contribution in [0.1, 0.15) is 25.6 Å². The third-order valence-corrected chi connectivity index (χ3v) is 2.80. The Morgan fingerprint density at radius 3 is 2.78 bits per heavy atom. The Morgan fingerprint density at radius 1 is 1.28 bits per heavy atom. The van der Waals surface area contributed by atoms with Crippen molar-refractivity contribution in [3.63, 3.8) is 0 Å². The van der Waals surface area contributed by atoms with Crippen LogP contribution in [0.4, 0.5) is 0 Å². The molecule has 3 heterocycles. The molecule has 3 aromatic heterocycles. The molecule has 88 valence electrons. The lowest BCUT2D eigenvalue weighted by Crippen LogP contribution is -2.06. The van der Waals surface area contributed by atoms with Gasteiger partial charge in [-0.3, -0.25) is 4.40 Å². The number of hydrogen-bond donors (Lipinski definition) is 0. The van der Waals surface area contributed by atoms with E-state index in [2.05, 4.69) is 29.0 Å². The highest BCUT2D eigenvalue weighted by molar-refractivity contribution is 6.33. The van der Waals surface area contributed by atoms with Gasteiger partial charge in [-0.2, -0.15) is 0 Å². The minimum atomic E-state index is 0.294. The van der Waals surface area contributed by atoms with E-state index in [-0.39, 0.29) is 0 Å². The van der Waals surface area contributed by atoms with Gasteiger partial charge in [0, 0.05) is 23.3 Å². The Labute approximate surface area is 105 Å². The zero-order valence-electron chi connectivity index (χ0n) is 10.2. The average Bonchev–Trinajstić information content (AvgIpc) is 2.93. The van der Waals surface area contributed by atoms with Gasteiger partial charge >= 0.3 is 0 Å². The first-order valence-electron chi connectivity index (χ1n) is 5.71. The van der Waals surface area contributed by atoms with Gasteiger partial charge in [0.05, 0.1) is 0 Å². The van der Waals surface area contributed by atoms with Crippen LogP contribution in [0, 0.1) is 0 Å². The predicted molar refractivity (Wildman–Crippen MR) is 68.0 cm³/mol. The van der Waals surface area contributed by atoms with E-state index in [1.165, 1.54) is 6.39 Å². The van der Waals surface area contributed by atoms with Gasteiger partial charge in [0.25, 0.3) is 0 Å². The maximum absolute atomic E-state index is 5.74. The fourth-order valence-corrected chi connectivity index (χ4v) is 1.91. The molecule has 0 aromatic carbocycles. The third kappa shape index (κ3) is 1.61. The van der Waals surface area contributed by atoms with E-state index in [9.17, 15) is 0 Å². The average molecular weight is 238 g/mol. The van der Waals surface area contributed by atoms with E-state index < -0.39 is 0 Å². The van der Waals surface area contributed by atoms with Gasteiger partial charge in [-0.1, -0.05) is 13.8 Å². The summed E-state index contributed by atoms with van der Waals surface area (Å²) in [5.74, 6) is 1.77. The van der Waals surface area contributed by atoms with Gasteiger partial charge in [-0.05, 0) is 12.1 Å². The molecule has 0 unspecified atom stereocenters. The Bertz CT molecular complexity index is 701. The Kier molecular flexibility index (Phi) is 2.43. The van der Waals surface area contributed by atoms with Gasteiger partial charge in [0.1, 0.15) is 19.4 Å². The molecule has 0 aliphatic heterocycles. The molecule has 0 aliphatic rings. The summed E-state index contributed by atoms with van der Waals surface area (Å²) < 4.78 is 7.23. The second-order valence-corrected chi connectivity index (χ2v) is 4.43. The maximum atomic E-state index is 5.74. The Hall–Kier alpha value is -2.11. The van der Waals surface area contributed by atoms with Crippen LogP contribution in [0.25, 0.3) is 17.0 Å². The van der Waals surface area contributed by atoms with Crippen molar-refractivity contribution in [2.45, 2.75) is 19.8 Å². The molecular formula is C12H11BN4O. The van der Waals surface area contributed by atoms with Crippen LogP contribution in [0.5, 0.6) is 0 Å². The molecule has 5 nitrogen and oxygen atoms in total. The molecule has 0 atom stereocenters. The minimum Gasteiger partial charge on any atom is -0.444 e. The number of hydrogen-bond acceptors (Lipinski definition) is 4. The summed E-state index contributed by atoms with van der Waals surface area (Å²) in [7, 11) is 5.74. The van der Waals surface area contributed by atoms with Crippen molar-refractivity contribution in [3.05, 3.63) is 30.5 Å². The molecule has 0 saturated carbocycles. The summed E-state index contributed by atoms with van der Waals surface area (Å²) in [6.45, 7) is 4.15. The van der Waals surface area contributed by atoms with E-state index in [0.717, 1.165) is 17.0 Å². The fraction of sp³-hybridized carbons (Fsp3) is 0.250. The topological polar surface area (TPSA) is 56.2 Å². The van der Waals surface area contributed by atoms with Crippen LogP contribution in [0.15, 0.2) is 29.1 Å². The van der Waals surface area contributed by atoms with E-state index in [1.807, 2.05) is 22.7 Å². The third-order valence-electron chi connectivity index (χ3n) is 2.80. The van der Waals surface area contributed by atoms with Crippen molar-refractivity contribution in [2.24, 2.45) is 0 Å². The molecule has 6 heteroatoms. The number of rotatable bonds is 2. The van der Waals surface area contributed by atoms with Gasteiger partial charge < -0.3 is 4.42 Å². The van der Waals surface area contributed by atoms with Crippen LogP contribution in [-0.2, 0) is 0 Å². The van der Waals surface area contributed by atoms with Gasteiger partial charge in [-0.15, -0.1) is 10.2 Å². The van der Waals surface area contributed by atoms with Crippen LogP contribution < -0.4 is 5.59 Å². The zero-order valence-corrected chi connectivity index (χ0v) is 10.2. The molecular weight excluding hydrogens is 227 g/mol. The zero-order chi connectivity index (χ0) is 12.7. The molecule has 3 rings (SSSR count). The second kappa shape index (κ2) is 3.98. The summed E-state index contributed by atoms with van der Waals surface area (Å²) >= 11 is 0. The summed E-state index contributed by atoms with van der Waals surface area (Å²) in [6.07, 6.45) is 3.26. The van der Waals surface area contributed by atoms with Crippen LogP contribution in [0.3, 0.4) is 0 Å². The number of oxazole rings is 1. The highest BCUT2D eigenvalue weighted by Crippen LogP contribution is 2.20. The molecule has 0 amide bonds. The Morgan fingerprint density at radius 2 is 2.11 bits per heavy atom. The molecule has 18 heavy (non-hydrogen) atoms. The number of pyridine rings is 1. The first-order valence-corrected chi connectivity index (χ1v) is 5.71. The van der Waals surface area contributed by atoms with Crippen molar-refractivity contribution < 1.29 is 4.42 Å². The summed E-state index contributed by atoms with van der Waals surface area (Å²) in [5, 5.41) is 8.30. The quantitative estimate of drug-likeness (QED) is 0.631. The smallest absolute Gasteiger partial charge is 0.180 e. The van der Waals surface area contributed by atoms with Crippen molar-refractivity contribution in [1.29, 1.82) is 0 Å². The highest BCUT2D eigenvalue weighted by atomic mass is 16.3. The molecule has 2 radical (unpaired) electrons. The largest absolute Gasteiger partial charge is 0.444 e. The van der Waals surface area contributed by atoms with Crippen molar-refractivity contribution >= 4 is 19.1 Å². The van der Waals surface area contributed by atoms with Crippen LogP contribution in [0.2, 0.25) is 0 Å². The minimum absolute atomic E-state index is 0.294. The van der Waals surface area contributed by atoms with E-state index >= 15 is 0 Å². The molecule has 0 fully saturated rings. The SMILES string of the molecule is [B]c1ncoc1-c1ccc2nnc(C(C)C)n2c1. The Balaban J connectivity index is 2.21. The monoisotopic (exact) mass is 238 g/mol. The lowest BCUT2D eigenvalue weighted by atomic mass is 10.00. The summed E-state index contributed by atoms with van der Waals surface area (Å²) in [5.41, 5.74) is 2.05. The number of nitrogens with zero attached hydrogens (tertiary/aromatic N) is 4. The summed E-state index contributed by atoms with van der Waals surface area (Å²) in [4.78, 5) is 3.89. The van der Waals surface area contributed by atoms with Gasteiger partial charge in [-0.25, -0.2) is 4.98 Å². The number of aromatic nitrogens is 4. The van der Waals surface area contributed by atoms with Gasteiger partial charge in [0.2, 0.25) is 0 Å². The second-order valence-electron chi connectivity index (χ2n) is 4.43. The van der Waals surface area contributed by atoms with E-state index in [1.54, 1.807) is 0 Å². The van der Waals surface area contributed by atoms with Crippen LogP contribution in [-0.4, -0.2) is 27.4 Å². The van der Waals surface area contributed by atoms with Crippen LogP contribution >= 0.6 is 0 Å². The molecule has 0 N–H and O–H groups in total. The fourth-order valence-electron chi connectivity index (χ4n) is 1.91. The first-order chi connectivity index (χ1) is 8.66. The first kappa shape index (κ1) is 11.0. The van der Waals surface area contributed by atoms with Crippen molar-refractivity contribution in [2.75, 3.05) is 0 Å². The highest BCUT2D eigenvalue weighted by Gasteiger charge is 2.12. The lowest BCUT2D eigenvalue weighted by molar-refractivity contribution is 0.572. The summed E-state index contributed by atoms with van der Waals surface area (Å²) in [6, 6.07) is 3.78. The van der Waals surface area contributed by atoms with E-state index in [0.29, 0.717) is 17.3 Å². The standard InChI is InChI=1S/C12H11BN4O/c1-7(2)12-16-15-9-4-3-8(5-17(9)12)10-11(13)14-6-18-10/h3-7H,1-2H3. The molecule has 0 spiro atoms. The van der Waals surface area contributed by atoms with Crippen molar-refractivity contribution in [1.82, 2.24) is 19.6 Å². The van der Waals surface area contributed by atoms with E-state index in [4.69, 9.17) is 12.3 Å². The lowest BCUT2D eigenvalue weighted by Gasteiger charge is -2.04. The molecule has 0 aliphatic carbocycles. The van der Waals surface area contributed by atoms with Crippen molar-refractivity contribution in [3.8, 4) is 11.3 Å². The predicted octanol–water partition coefficient (Wildman–Crippen LogP) is 1.30. The molecule has 0 bridgehead atoms. The normalized spacial score (nSPS) is 11.5.